The van der Waals surface area contributed by atoms with E-state index in [0.717, 1.165) is 0 Å². The van der Waals surface area contributed by atoms with Crippen molar-refractivity contribution in [3.8, 4) is 5.75 Å². The van der Waals surface area contributed by atoms with E-state index in [1.165, 1.54) is 37.4 Å². The van der Waals surface area contributed by atoms with Crippen LogP contribution in [-0.2, 0) is 19.6 Å². The number of hydrogen-bond donors (Lipinski definition) is 3. The third-order valence-electron chi connectivity index (χ3n) is 5.18. The summed E-state index contributed by atoms with van der Waals surface area (Å²) in [4.78, 5) is 24.4. The van der Waals surface area contributed by atoms with Gasteiger partial charge in [0.1, 0.15) is 17.7 Å². The molecule has 1 fully saturated rings. The first-order valence-corrected chi connectivity index (χ1v) is 11.3. The summed E-state index contributed by atoms with van der Waals surface area (Å²) in [5, 5.41) is 4.24. The summed E-state index contributed by atoms with van der Waals surface area (Å²) in [6.45, 7) is 1.57. The molecule has 1 heterocycles. The van der Waals surface area contributed by atoms with Crippen molar-refractivity contribution in [3.63, 3.8) is 0 Å². The highest BCUT2D eigenvalue weighted by Crippen LogP contribution is 2.29. The van der Waals surface area contributed by atoms with Gasteiger partial charge in [-0.15, -0.1) is 0 Å². The molecule has 3 rings (SSSR count). The van der Waals surface area contributed by atoms with E-state index in [1.807, 2.05) is 5.32 Å². The highest BCUT2D eigenvalue weighted by atomic mass is 32.2. The van der Waals surface area contributed by atoms with Crippen LogP contribution >= 0.6 is 0 Å². The number of carbonyl (C=O) groups is 2. The zero-order valence-electron chi connectivity index (χ0n) is 17.7. The van der Waals surface area contributed by atoms with Crippen molar-refractivity contribution in [2.45, 2.75) is 36.9 Å². The number of anilines is 2. The second-order valence-corrected chi connectivity index (χ2v) is 9.19. The van der Waals surface area contributed by atoms with Gasteiger partial charge in [-0.3, -0.25) is 14.3 Å². The third-order valence-corrected chi connectivity index (χ3v) is 6.70. The molecule has 0 bridgehead atoms. The van der Waals surface area contributed by atoms with Gasteiger partial charge in [-0.25, -0.2) is 8.42 Å². The second-order valence-electron chi connectivity index (χ2n) is 7.54. The van der Waals surface area contributed by atoms with Crippen LogP contribution in [0.5, 0.6) is 5.75 Å². The summed E-state index contributed by atoms with van der Waals surface area (Å²) >= 11 is 0. The molecule has 0 spiro atoms. The Morgan fingerprint density at radius 2 is 1.73 bits per heavy atom. The van der Waals surface area contributed by atoms with Crippen molar-refractivity contribution in [1.29, 1.82) is 0 Å². The van der Waals surface area contributed by atoms with Crippen LogP contribution in [0.25, 0.3) is 0 Å². The minimum Gasteiger partial charge on any atom is -0.497 e. The van der Waals surface area contributed by atoms with Crippen LogP contribution < -0.4 is 20.1 Å². The number of ether oxygens (including phenoxy) is 1. The Balaban J connectivity index is 1.74. The lowest BCUT2D eigenvalue weighted by molar-refractivity contribution is -0.170. The molecule has 2 atom stereocenters. The summed E-state index contributed by atoms with van der Waals surface area (Å²) < 4.78 is 71.6. The van der Waals surface area contributed by atoms with E-state index < -0.39 is 46.4 Å². The first kappa shape index (κ1) is 24.4. The van der Waals surface area contributed by atoms with Crippen molar-refractivity contribution in [2.24, 2.45) is 5.92 Å². The number of alkyl halides is 3. The highest BCUT2D eigenvalue weighted by Gasteiger charge is 2.45. The molecule has 1 saturated heterocycles. The third kappa shape index (κ3) is 5.75. The minimum absolute atomic E-state index is 0.0893. The largest absolute Gasteiger partial charge is 0.497 e. The van der Waals surface area contributed by atoms with Gasteiger partial charge in [-0.1, -0.05) is 6.07 Å². The normalized spacial score (nSPS) is 18.9. The summed E-state index contributed by atoms with van der Waals surface area (Å²) in [5.74, 6) is -2.61. The van der Waals surface area contributed by atoms with Gasteiger partial charge in [0, 0.05) is 11.4 Å². The molecule has 1 aliphatic heterocycles. The molecule has 2 aromatic carbocycles. The maximum absolute atomic E-state index is 12.9. The first-order valence-electron chi connectivity index (χ1n) is 9.86. The zero-order chi connectivity index (χ0) is 24.4. The van der Waals surface area contributed by atoms with Crippen LogP contribution in [0.4, 0.5) is 24.5 Å². The molecular formula is C21H22F3N3O5S. The quantitative estimate of drug-likeness (QED) is 0.544. The van der Waals surface area contributed by atoms with Crippen LogP contribution in [0.3, 0.4) is 0 Å². The Morgan fingerprint density at radius 3 is 2.30 bits per heavy atom. The number of amides is 2. The SMILES string of the molecule is COc1ccc(NS(=O)(=O)c2cc(NC(=O)C3CCC(C(F)(F)F)NC3=O)ccc2C)cc1. The molecule has 3 N–H and O–H groups in total. The molecule has 8 nitrogen and oxygen atoms in total. The zero-order valence-corrected chi connectivity index (χ0v) is 18.5. The van der Waals surface area contributed by atoms with E-state index in [4.69, 9.17) is 4.74 Å². The molecule has 0 aliphatic carbocycles. The van der Waals surface area contributed by atoms with E-state index in [0.29, 0.717) is 17.0 Å². The number of methoxy groups -OCH3 is 1. The molecule has 2 amide bonds. The van der Waals surface area contributed by atoms with E-state index in [9.17, 15) is 31.2 Å². The Kier molecular flexibility index (Phi) is 6.86. The summed E-state index contributed by atoms with van der Waals surface area (Å²) in [5.41, 5.74) is 0.784. The number of nitrogens with one attached hydrogen (secondary N) is 3. The summed E-state index contributed by atoms with van der Waals surface area (Å²) in [6.07, 6.45) is -5.29. The lowest BCUT2D eigenvalue weighted by Gasteiger charge is -2.29. The number of sulfonamides is 1. The van der Waals surface area contributed by atoms with E-state index in [2.05, 4.69) is 10.0 Å². The maximum Gasteiger partial charge on any atom is 0.408 e. The Bertz CT molecular complexity index is 1150. The Morgan fingerprint density at radius 1 is 1.09 bits per heavy atom. The van der Waals surface area contributed by atoms with Crippen molar-refractivity contribution in [1.82, 2.24) is 5.32 Å². The van der Waals surface area contributed by atoms with Gasteiger partial charge in [0.2, 0.25) is 11.8 Å². The molecule has 2 unspecified atom stereocenters. The van der Waals surface area contributed by atoms with Crippen molar-refractivity contribution >= 4 is 33.2 Å². The molecule has 0 saturated carbocycles. The average Bonchev–Trinajstić information content (AvgIpc) is 2.74. The first-order chi connectivity index (χ1) is 15.4. The molecule has 0 radical (unpaired) electrons. The van der Waals surface area contributed by atoms with Crippen LogP contribution in [0, 0.1) is 12.8 Å². The van der Waals surface area contributed by atoms with Gasteiger partial charge in [0.05, 0.1) is 12.0 Å². The van der Waals surface area contributed by atoms with Gasteiger partial charge < -0.3 is 15.4 Å². The van der Waals surface area contributed by atoms with Crippen LogP contribution in [-0.4, -0.2) is 39.6 Å². The van der Waals surface area contributed by atoms with E-state index >= 15 is 0 Å². The summed E-state index contributed by atoms with van der Waals surface area (Å²) in [7, 11) is -2.55. The minimum atomic E-state index is -4.59. The van der Waals surface area contributed by atoms with Crippen LogP contribution in [0.1, 0.15) is 18.4 Å². The number of aryl methyl sites for hydroxylation is 1. The van der Waals surface area contributed by atoms with Gasteiger partial charge in [-0.05, 0) is 61.7 Å². The number of piperidine rings is 1. The fraction of sp³-hybridized carbons (Fsp3) is 0.333. The molecular weight excluding hydrogens is 463 g/mol. The summed E-state index contributed by atoms with van der Waals surface area (Å²) in [6, 6.07) is 8.35. The standard InChI is InChI=1S/C21H22F3N3O5S/c1-12-3-4-14(25-19(28)16-9-10-18(21(22,23)24)26-20(16)29)11-17(12)33(30,31)27-13-5-7-15(32-2)8-6-13/h3-8,11,16,18,27H,9-10H2,1-2H3,(H,25,28)(H,26,29). The molecule has 12 heteroatoms. The fourth-order valence-corrected chi connectivity index (χ4v) is 4.70. The number of halogens is 3. The predicted octanol–water partition coefficient (Wildman–Crippen LogP) is 3.20. The van der Waals surface area contributed by atoms with Crippen molar-refractivity contribution in [3.05, 3.63) is 48.0 Å². The smallest absolute Gasteiger partial charge is 0.408 e. The van der Waals surface area contributed by atoms with Gasteiger partial charge >= 0.3 is 6.18 Å². The van der Waals surface area contributed by atoms with Crippen LogP contribution in [0.15, 0.2) is 47.4 Å². The van der Waals surface area contributed by atoms with E-state index in [1.54, 1.807) is 19.1 Å². The maximum atomic E-state index is 12.9. The number of rotatable bonds is 6. The fourth-order valence-electron chi connectivity index (χ4n) is 3.37. The van der Waals surface area contributed by atoms with Gasteiger partial charge in [-0.2, -0.15) is 13.2 Å². The van der Waals surface area contributed by atoms with E-state index in [-0.39, 0.29) is 17.0 Å². The number of benzene rings is 2. The lowest BCUT2D eigenvalue weighted by Crippen LogP contribution is -2.53. The highest BCUT2D eigenvalue weighted by molar-refractivity contribution is 7.92. The Hall–Kier alpha value is -3.28. The number of carbonyl (C=O) groups excluding carboxylic acids is 2. The monoisotopic (exact) mass is 485 g/mol. The molecule has 33 heavy (non-hydrogen) atoms. The molecule has 0 aromatic heterocycles. The molecule has 178 valence electrons. The van der Waals surface area contributed by atoms with Crippen molar-refractivity contribution in [2.75, 3.05) is 17.1 Å². The number of hydrogen-bond acceptors (Lipinski definition) is 5. The Labute approximate surface area is 188 Å². The van der Waals surface area contributed by atoms with Gasteiger partial charge in [0.15, 0.2) is 0 Å². The average molecular weight is 485 g/mol. The van der Waals surface area contributed by atoms with Crippen molar-refractivity contribution < 1.29 is 35.9 Å². The second kappa shape index (κ2) is 9.30. The predicted molar refractivity (Wildman–Crippen MR) is 114 cm³/mol. The molecule has 2 aromatic rings. The van der Waals surface area contributed by atoms with Crippen LogP contribution in [0.2, 0.25) is 0 Å². The van der Waals surface area contributed by atoms with Gasteiger partial charge in [0.25, 0.3) is 10.0 Å². The lowest BCUT2D eigenvalue weighted by atomic mass is 9.92. The topological polar surface area (TPSA) is 114 Å². The molecule has 1 aliphatic rings.